The summed E-state index contributed by atoms with van der Waals surface area (Å²) < 4.78 is 0. The lowest BCUT2D eigenvalue weighted by Gasteiger charge is -2.46. The molecule has 2 bridgehead atoms. The summed E-state index contributed by atoms with van der Waals surface area (Å²) in [4.78, 5) is 41.0. The molecule has 144 valence electrons. The number of hydrogen-bond acceptors (Lipinski definition) is 4. The van der Waals surface area contributed by atoms with E-state index < -0.39 is 0 Å². The first kappa shape index (κ1) is 17.6. The molecule has 0 N–H and O–H groups in total. The summed E-state index contributed by atoms with van der Waals surface area (Å²) in [6, 6.07) is 7.05. The maximum Gasteiger partial charge on any atom is 0.261 e. The van der Waals surface area contributed by atoms with Crippen LogP contribution in [0.1, 0.15) is 40.0 Å². The van der Waals surface area contributed by atoms with Crippen molar-refractivity contribution in [3.63, 3.8) is 0 Å². The highest BCUT2D eigenvalue weighted by Crippen LogP contribution is 2.43. The molecule has 2 heterocycles. The molecule has 28 heavy (non-hydrogen) atoms. The molecule has 5 rings (SSSR count). The van der Waals surface area contributed by atoms with Crippen LogP contribution >= 0.6 is 0 Å². The predicted molar refractivity (Wildman–Crippen MR) is 105 cm³/mol. The molecule has 0 aromatic heterocycles. The van der Waals surface area contributed by atoms with Gasteiger partial charge < -0.3 is 4.90 Å². The number of likely N-dealkylation sites (tertiary alicyclic amines) is 1. The van der Waals surface area contributed by atoms with E-state index in [-0.39, 0.29) is 23.5 Å². The van der Waals surface area contributed by atoms with Gasteiger partial charge in [-0.1, -0.05) is 29.9 Å². The minimum atomic E-state index is -0.170. The van der Waals surface area contributed by atoms with Gasteiger partial charge in [0.1, 0.15) is 0 Å². The van der Waals surface area contributed by atoms with E-state index in [2.05, 4.69) is 11.0 Å². The molecule has 5 heteroatoms. The van der Waals surface area contributed by atoms with Gasteiger partial charge in [-0.15, -0.1) is 0 Å². The summed E-state index contributed by atoms with van der Waals surface area (Å²) in [6.07, 6.45) is 8.69. The molecule has 2 aliphatic carbocycles. The zero-order valence-electron chi connectivity index (χ0n) is 15.8. The molecule has 1 aromatic carbocycles. The molecule has 5 nitrogen and oxygen atoms in total. The van der Waals surface area contributed by atoms with Gasteiger partial charge in [-0.3, -0.25) is 19.3 Å². The Morgan fingerprint density at radius 2 is 1.68 bits per heavy atom. The van der Waals surface area contributed by atoms with Gasteiger partial charge in [0, 0.05) is 25.6 Å². The van der Waals surface area contributed by atoms with E-state index in [0.717, 1.165) is 32.5 Å². The van der Waals surface area contributed by atoms with E-state index in [1.54, 1.807) is 30.3 Å². The number of benzene rings is 1. The molecule has 3 atom stereocenters. The van der Waals surface area contributed by atoms with Crippen molar-refractivity contribution >= 4 is 17.6 Å². The number of ketones is 1. The Balaban J connectivity index is 1.20. The lowest BCUT2D eigenvalue weighted by atomic mass is 9.66. The van der Waals surface area contributed by atoms with Crippen LogP contribution in [0.25, 0.3) is 0 Å². The first-order valence-corrected chi connectivity index (χ1v) is 10.2. The minimum Gasteiger partial charge on any atom is -0.302 e. The van der Waals surface area contributed by atoms with Crippen molar-refractivity contribution in [1.82, 2.24) is 9.80 Å². The number of hydrogen-bond donors (Lipinski definition) is 0. The fraction of sp³-hybridized carbons (Fsp3) is 0.435. The number of carbonyl (C=O) groups excluding carboxylic acids is 3. The SMILES string of the molecule is O=C1C=CC=C2C3CC(CC12)CN(CCCN1C(=O)c2ccccc2C1=O)C3. The molecule has 2 amide bonds. The molecule has 0 radical (unpaired) electrons. The van der Waals surface area contributed by atoms with Crippen LogP contribution in [0.15, 0.2) is 48.1 Å². The van der Waals surface area contributed by atoms with Crippen molar-refractivity contribution in [3.05, 3.63) is 59.2 Å². The van der Waals surface area contributed by atoms with Crippen LogP contribution in [0, 0.1) is 17.8 Å². The van der Waals surface area contributed by atoms with Gasteiger partial charge in [-0.05, 0) is 55.9 Å². The summed E-state index contributed by atoms with van der Waals surface area (Å²) in [5.41, 5.74) is 2.36. The average Bonchev–Trinajstić information content (AvgIpc) is 2.94. The van der Waals surface area contributed by atoms with Crippen LogP contribution in [0.4, 0.5) is 0 Å². The summed E-state index contributed by atoms with van der Waals surface area (Å²) in [6.45, 7) is 3.33. The topological polar surface area (TPSA) is 57.7 Å². The second kappa shape index (κ2) is 6.82. The number of amides is 2. The molecule has 1 saturated carbocycles. The third kappa shape index (κ3) is 2.85. The van der Waals surface area contributed by atoms with Crippen molar-refractivity contribution in [2.24, 2.45) is 17.8 Å². The first-order valence-electron chi connectivity index (χ1n) is 10.2. The van der Waals surface area contributed by atoms with E-state index >= 15 is 0 Å². The van der Waals surface area contributed by atoms with Gasteiger partial charge in [0.2, 0.25) is 0 Å². The highest BCUT2D eigenvalue weighted by Gasteiger charge is 2.41. The second-order valence-electron chi connectivity index (χ2n) is 8.44. The molecule has 0 spiro atoms. The number of allylic oxidation sites excluding steroid dienone is 3. The highest BCUT2D eigenvalue weighted by atomic mass is 16.2. The van der Waals surface area contributed by atoms with Crippen LogP contribution in [-0.4, -0.2) is 53.6 Å². The largest absolute Gasteiger partial charge is 0.302 e. The molecular formula is C23H24N2O3. The zero-order chi connectivity index (χ0) is 19.3. The second-order valence-corrected chi connectivity index (χ2v) is 8.44. The molecule has 2 aliphatic heterocycles. The van der Waals surface area contributed by atoms with Gasteiger partial charge in [-0.2, -0.15) is 0 Å². The van der Waals surface area contributed by atoms with E-state index in [1.807, 2.05) is 6.08 Å². The predicted octanol–water partition coefficient (Wildman–Crippen LogP) is 2.70. The number of piperidine rings is 1. The van der Waals surface area contributed by atoms with Gasteiger partial charge in [0.15, 0.2) is 5.78 Å². The lowest BCUT2D eigenvalue weighted by molar-refractivity contribution is -0.119. The number of imide groups is 1. The van der Waals surface area contributed by atoms with Crippen molar-refractivity contribution in [2.75, 3.05) is 26.2 Å². The number of rotatable bonds is 4. The Morgan fingerprint density at radius 1 is 0.929 bits per heavy atom. The van der Waals surface area contributed by atoms with E-state index in [4.69, 9.17) is 0 Å². The highest BCUT2D eigenvalue weighted by molar-refractivity contribution is 6.21. The third-order valence-corrected chi connectivity index (χ3v) is 6.68. The first-order chi connectivity index (χ1) is 13.6. The third-order valence-electron chi connectivity index (χ3n) is 6.68. The summed E-state index contributed by atoms with van der Waals surface area (Å²) in [5, 5.41) is 0. The normalized spacial score (nSPS) is 29.0. The molecule has 1 saturated heterocycles. The maximum absolute atomic E-state index is 12.5. The van der Waals surface area contributed by atoms with Crippen LogP contribution in [0.5, 0.6) is 0 Å². The summed E-state index contributed by atoms with van der Waals surface area (Å²) >= 11 is 0. The van der Waals surface area contributed by atoms with Crippen LogP contribution in [0.2, 0.25) is 0 Å². The molecule has 3 unspecified atom stereocenters. The average molecular weight is 376 g/mol. The summed E-state index contributed by atoms with van der Waals surface area (Å²) in [5.74, 6) is 1.06. The number of nitrogens with zero attached hydrogens (tertiary/aromatic N) is 2. The van der Waals surface area contributed by atoms with Gasteiger partial charge in [-0.25, -0.2) is 0 Å². The minimum absolute atomic E-state index is 0.106. The zero-order valence-corrected chi connectivity index (χ0v) is 15.8. The monoisotopic (exact) mass is 376 g/mol. The fourth-order valence-electron chi connectivity index (χ4n) is 5.45. The molecule has 4 aliphatic rings. The fourth-order valence-corrected chi connectivity index (χ4v) is 5.45. The Morgan fingerprint density at radius 3 is 2.43 bits per heavy atom. The van der Waals surface area contributed by atoms with E-state index in [1.165, 1.54) is 16.9 Å². The van der Waals surface area contributed by atoms with Crippen molar-refractivity contribution in [2.45, 2.75) is 19.3 Å². The van der Waals surface area contributed by atoms with E-state index in [0.29, 0.717) is 29.5 Å². The van der Waals surface area contributed by atoms with Crippen LogP contribution < -0.4 is 0 Å². The van der Waals surface area contributed by atoms with Crippen LogP contribution in [0.3, 0.4) is 0 Å². The molecule has 2 fully saturated rings. The van der Waals surface area contributed by atoms with Gasteiger partial charge in [0.05, 0.1) is 11.1 Å². The Kier molecular flexibility index (Phi) is 4.27. The van der Waals surface area contributed by atoms with Crippen LogP contribution in [-0.2, 0) is 4.79 Å². The number of carbonyl (C=O) groups is 3. The smallest absolute Gasteiger partial charge is 0.261 e. The van der Waals surface area contributed by atoms with Gasteiger partial charge in [0.25, 0.3) is 11.8 Å². The van der Waals surface area contributed by atoms with E-state index in [9.17, 15) is 14.4 Å². The van der Waals surface area contributed by atoms with Crippen molar-refractivity contribution in [3.8, 4) is 0 Å². The van der Waals surface area contributed by atoms with Crippen molar-refractivity contribution < 1.29 is 14.4 Å². The van der Waals surface area contributed by atoms with Gasteiger partial charge >= 0.3 is 0 Å². The number of fused-ring (bicyclic) bond motifs is 5. The maximum atomic E-state index is 12.5. The Hall–Kier alpha value is -2.53. The lowest BCUT2D eigenvalue weighted by Crippen LogP contribution is -2.47. The summed E-state index contributed by atoms with van der Waals surface area (Å²) in [7, 11) is 0. The standard InChI is InChI=1S/C23H24N2O3/c26-21-8-3-7-17-16-11-15(12-20(17)21)13-24(14-16)9-4-10-25-22(27)18-5-1-2-6-19(18)23(25)28/h1-3,5-8,15-16,20H,4,9-14H2. The van der Waals surface area contributed by atoms with Crippen molar-refractivity contribution in [1.29, 1.82) is 0 Å². The Labute approximate surface area is 164 Å². The molecular weight excluding hydrogens is 352 g/mol. The Bertz CT molecular complexity index is 881. The quantitative estimate of drug-likeness (QED) is 0.758. The molecule has 1 aromatic rings.